The van der Waals surface area contributed by atoms with Crippen molar-refractivity contribution in [1.82, 2.24) is 14.6 Å². The van der Waals surface area contributed by atoms with E-state index in [1.54, 1.807) is 0 Å². The first kappa shape index (κ1) is 23.1. The summed E-state index contributed by atoms with van der Waals surface area (Å²) in [5.41, 5.74) is 5.99. The number of hydrogen-bond donors (Lipinski definition) is 2. The molecule has 1 aromatic heterocycles. The van der Waals surface area contributed by atoms with E-state index in [1.807, 2.05) is 35.7 Å². The molecule has 1 aliphatic carbocycles. The standard InChI is InChI=1S/C23H30N4O3S2/c1-15-13-16-5-4-6-19(16)22(25-23(28)26-32(3,29)30)21(15)17-7-10-24-20(14-17)31-18-8-11-27(2)12-9-18/h7,10,13-14,18H,4-6,8-9,11-12H2,1-3H3,(H2,25,26,28). The van der Waals surface area contributed by atoms with Crippen LogP contribution in [0.1, 0.15) is 36.0 Å². The van der Waals surface area contributed by atoms with Crippen molar-refractivity contribution in [1.29, 1.82) is 0 Å². The number of thioether (sulfide) groups is 1. The number of sulfonamides is 1. The number of rotatable bonds is 5. The molecular weight excluding hydrogens is 444 g/mol. The molecule has 32 heavy (non-hydrogen) atoms. The molecule has 1 saturated heterocycles. The molecule has 1 fully saturated rings. The number of aryl methyl sites for hydroxylation is 2. The zero-order valence-electron chi connectivity index (χ0n) is 18.8. The van der Waals surface area contributed by atoms with E-state index in [4.69, 9.17) is 0 Å². The van der Waals surface area contributed by atoms with Crippen LogP contribution < -0.4 is 10.0 Å². The molecule has 2 aromatic rings. The molecule has 0 radical (unpaired) electrons. The van der Waals surface area contributed by atoms with E-state index in [1.165, 1.54) is 5.56 Å². The van der Waals surface area contributed by atoms with E-state index in [0.717, 1.165) is 78.7 Å². The fourth-order valence-electron chi connectivity index (χ4n) is 4.61. The second-order valence-corrected chi connectivity index (χ2v) is 11.8. The predicted molar refractivity (Wildman–Crippen MR) is 130 cm³/mol. The number of piperidine rings is 1. The summed E-state index contributed by atoms with van der Waals surface area (Å²) in [5, 5.41) is 4.38. The van der Waals surface area contributed by atoms with Gasteiger partial charge >= 0.3 is 6.03 Å². The summed E-state index contributed by atoms with van der Waals surface area (Å²) in [6.07, 6.45) is 7.93. The molecule has 2 amide bonds. The Hall–Kier alpha value is -2.10. The Kier molecular flexibility index (Phi) is 6.78. The van der Waals surface area contributed by atoms with E-state index in [2.05, 4.69) is 34.4 Å². The van der Waals surface area contributed by atoms with E-state index in [9.17, 15) is 13.2 Å². The number of nitrogens with one attached hydrogen (secondary N) is 2. The van der Waals surface area contributed by atoms with Crippen LogP contribution in [0.3, 0.4) is 0 Å². The molecule has 1 aliphatic heterocycles. The predicted octanol–water partition coefficient (Wildman–Crippen LogP) is 3.81. The molecule has 1 aromatic carbocycles. The highest BCUT2D eigenvalue weighted by atomic mass is 32.2. The van der Waals surface area contributed by atoms with Gasteiger partial charge in [-0.2, -0.15) is 0 Å². The van der Waals surface area contributed by atoms with Crippen LogP contribution >= 0.6 is 11.8 Å². The van der Waals surface area contributed by atoms with Crippen LogP contribution in [-0.4, -0.2) is 56.0 Å². The van der Waals surface area contributed by atoms with Gasteiger partial charge in [-0.25, -0.2) is 22.9 Å². The van der Waals surface area contributed by atoms with Crippen LogP contribution in [0.25, 0.3) is 11.1 Å². The third-order valence-electron chi connectivity index (χ3n) is 6.09. The van der Waals surface area contributed by atoms with Crippen molar-refractivity contribution in [3.8, 4) is 11.1 Å². The zero-order valence-corrected chi connectivity index (χ0v) is 20.4. The second kappa shape index (κ2) is 9.41. The fourth-order valence-corrected chi connectivity index (χ4v) is 6.11. The van der Waals surface area contributed by atoms with Gasteiger partial charge in [0.15, 0.2) is 0 Å². The summed E-state index contributed by atoms with van der Waals surface area (Å²) in [4.78, 5) is 19.4. The van der Waals surface area contributed by atoms with Gasteiger partial charge in [0.1, 0.15) is 0 Å². The minimum atomic E-state index is -3.65. The molecule has 0 atom stereocenters. The van der Waals surface area contributed by atoms with Crippen molar-refractivity contribution in [3.05, 3.63) is 41.1 Å². The van der Waals surface area contributed by atoms with Crippen LogP contribution in [-0.2, 0) is 22.9 Å². The maximum atomic E-state index is 12.5. The van der Waals surface area contributed by atoms with Crippen molar-refractivity contribution in [2.75, 3.05) is 31.7 Å². The third-order valence-corrected chi connectivity index (χ3v) is 7.92. The molecule has 7 nitrogen and oxygen atoms in total. The van der Waals surface area contributed by atoms with E-state index in [-0.39, 0.29) is 0 Å². The molecule has 0 saturated carbocycles. The molecule has 0 unspecified atom stereocenters. The number of hydrogen-bond acceptors (Lipinski definition) is 6. The average molecular weight is 475 g/mol. The van der Waals surface area contributed by atoms with Crippen LogP contribution in [0.4, 0.5) is 10.5 Å². The summed E-state index contributed by atoms with van der Waals surface area (Å²) in [6.45, 7) is 4.24. The third kappa shape index (κ3) is 5.44. The lowest BCUT2D eigenvalue weighted by atomic mass is 9.93. The maximum absolute atomic E-state index is 12.5. The number of fused-ring (bicyclic) bond motifs is 1. The van der Waals surface area contributed by atoms with Gasteiger partial charge in [-0.15, -0.1) is 11.8 Å². The summed E-state index contributed by atoms with van der Waals surface area (Å²) in [7, 11) is -1.49. The summed E-state index contributed by atoms with van der Waals surface area (Å²) < 4.78 is 25.1. The van der Waals surface area contributed by atoms with Gasteiger partial charge in [0.2, 0.25) is 10.0 Å². The molecule has 0 spiro atoms. The lowest BCUT2D eigenvalue weighted by Gasteiger charge is -2.28. The minimum absolute atomic E-state index is 0.549. The van der Waals surface area contributed by atoms with Gasteiger partial charge in [0.05, 0.1) is 17.0 Å². The Bertz CT molecular complexity index is 1130. The smallest absolute Gasteiger partial charge is 0.306 e. The molecule has 172 valence electrons. The fraction of sp³-hybridized carbons (Fsp3) is 0.478. The van der Waals surface area contributed by atoms with E-state index < -0.39 is 16.1 Å². The Balaban J connectivity index is 1.68. The SMILES string of the molecule is Cc1cc2c(c(NC(=O)NS(C)(=O)=O)c1-c1ccnc(SC3CCN(C)CC3)c1)CCC2. The van der Waals surface area contributed by atoms with Gasteiger partial charge in [-0.3, -0.25) is 0 Å². The van der Waals surface area contributed by atoms with Crippen molar-refractivity contribution in [2.45, 2.75) is 49.3 Å². The van der Waals surface area contributed by atoms with Gasteiger partial charge < -0.3 is 10.2 Å². The largest absolute Gasteiger partial charge is 0.332 e. The quantitative estimate of drug-likeness (QED) is 0.685. The second-order valence-electron chi connectivity index (χ2n) is 8.77. The summed E-state index contributed by atoms with van der Waals surface area (Å²) in [6, 6.07) is 5.51. The molecule has 2 aliphatic rings. The lowest BCUT2D eigenvalue weighted by Crippen LogP contribution is -2.34. The highest BCUT2D eigenvalue weighted by Gasteiger charge is 2.24. The van der Waals surface area contributed by atoms with Gasteiger partial charge in [-0.05, 0) is 93.6 Å². The molecule has 9 heteroatoms. The molecule has 2 heterocycles. The zero-order chi connectivity index (χ0) is 22.9. The minimum Gasteiger partial charge on any atom is -0.306 e. The van der Waals surface area contributed by atoms with Crippen molar-refractivity contribution in [2.24, 2.45) is 0 Å². The Morgan fingerprint density at radius 1 is 1.22 bits per heavy atom. The Labute approximate surface area is 194 Å². The first-order chi connectivity index (χ1) is 15.2. The highest BCUT2D eigenvalue weighted by molar-refractivity contribution is 7.99. The highest BCUT2D eigenvalue weighted by Crippen LogP contribution is 2.41. The lowest BCUT2D eigenvalue weighted by molar-refractivity contribution is 0.256. The number of carbonyl (C=O) groups excluding carboxylic acids is 1. The van der Waals surface area contributed by atoms with Crippen molar-refractivity contribution in [3.63, 3.8) is 0 Å². The number of likely N-dealkylation sites (tertiary alicyclic amines) is 1. The Morgan fingerprint density at radius 2 is 1.97 bits per heavy atom. The molecule has 4 rings (SSSR count). The van der Waals surface area contributed by atoms with Crippen LogP contribution in [0, 0.1) is 6.92 Å². The van der Waals surface area contributed by atoms with E-state index in [0.29, 0.717) is 10.9 Å². The number of anilines is 1. The number of nitrogens with zero attached hydrogens (tertiary/aromatic N) is 2. The number of aromatic nitrogens is 1. The van der Waals surface area contributed by atoms with Crippen LogP contribution in [0.2, 0.25) is 0 Å². The first-order valence-electron chi connectivity index (χ1n) is 11.0. The normalized spacial score (nSPS) is 17.2. The number of pyridine rings is 1. The summed E-state index contributed by atoms with van der Waals surface area (Å²) >= 11 is 1.82. The number of benzene rings is 1. The monoisotopic (exact) mass is 474 g/mol. The Morgan fingerprint density at radius 3 is 2.69 bits per heavy atom. The summed E-state index contributed by atoms with van der Waals surface area (Å²) in [5.74, 6) is 0. The maximum Gasteiger partial charge on any atom is 0.332 e. The van der Waals surface area contributed by atoms with E-state index >= 15 is 0 Å². The first-order valence-corrected chi connectivity index (χ1v) is 13.7. The molecule has 0 bridgehead atoms. The van der Waals surface area contributed by atoms with Crippen LogP contribution in [0.15, 0.2) is 29.4 Å². The topological polar surface area (TPSA) is 91.4 Å². The van der Waals surface area contributed by atoms with Crippen LogP contribution in [0.5, 0.6) is 0 Å². The average Bonchev–Trinajstić information content (AvgIpc) is 3.17. The number of amides is 2. The van der Waals surface area contributed by atoms with Gasteiger partial charge in [-0.1, -0.05) is 6.07 Å². The molecule has 2 N–H and O–H groups in total. The molecular formula is C23H30N4O3S2. The number of urea groups is 1. The van der Waals surface area contributed by atoms with Crippen molar-refractivity contribution >= 4 is 33.5 Å². The number of carbonyl (C=O) groups is 1. The van der Waals surface area contributed by atoms with Crippen molar-refractivity contribution < 1.29 is 13.2 Å². The van der Waals surface area contributed by atoms with Gasteiger partial charge in [0, 0.05) is 17.0 Å². The van der Waals surface area contributed by atoms with Gasteiger partial charge in [0.25, 0.3) is 0 Å².